The minimum Gasteiger partial charge on any atom is -0.372 e. The number of nitrogens with zero attached hydrogens (tertiary/aromatic N) is 2. The van der Waals surface area contributed by atoms with Crippen LogP contribution in [0.4, 0.5) is 0 Å². The molecule has 2 bridgehead atoms. The maximum absolute atomic E-state index is 12.6. The summed E-state index contributed by atoms with van der Waals surface area (Å²) in [6, 6.07) is 0. The van der Waals surface area contributed by atoms with E-state index < -0.39 is 10.2 Å². The molecule has 0 spiro atoms. The molecule has 0 aromatic heterocycles. The molecule has 3 rings (SSSR count). The lowest BCUT2D eigenvalue weighted by molar-refractivity contribution is -0.0134. The molecular formula is C12H21ClN2O3S. The molecule has 0 aromatic rings. The van der Waals surface area contributed by atoms with Crippen LogP contribution < -0.4 is 0 Å². The van der Waals surface area contributed by atoms with Crippen LogP contribution in [0.15, 0.2) is 0 Å². The van der Waals surface area contributed by atoms with Crippen molar-refractivity contribution in [1.29, 1.82) is 0 Å². The second-order valence-electron chi connectivity index (χ2n) is 5.78. The molecule has 7 heteroatoms. The van der Waals surface area contributed by atoms with E-state index in [1.165, 1.54) is 0 Å². The highest BCUT2D eigenvalue weighted by Gasteiger charge is 2.41. The number of halogens is 1. The minimum atomic E-state index is -3.30. The average molecular weight is 309 g/mol. The summed E-state index contributed by atoms with van der Waals surface area (Å²) in [5, 5.41) is 0. The van der Waals surface area contributed by atoms with Crippen LogP contribution in [0, 0.1) is 5.92 Å². The van der Waals surface area contributed by atoms with Crippen LogP contribution in [0.3, 0.4) is 0 Å². The van der Waals surface area contributed by atoms with Gasteiger partial charge < -0.3 is 4.74 Å². The van der Waals surface area contributed by atoms with Gasteiger partial charge in [0.05, 0.1) is 12.2 Å². The molecule has 3 fully saturated rings. The second kappa shape index (κ2) is 5.48. The van der Waals surface area contributed by atoms with Gasteiger partial charge >= 0.3 is 0 Å². The van der Waals surface area contributed by atoms with E-state index in [0.29, 0.717) is 38.0 Å². The van der Waals surface area contributed by atoms with Gasteiger partial charge in [-0.2, -0.15) is 17.0 Å². The van der Waals surface area contributed by atoms with E-state index in [9.17, 15) is 8.42 Å². The van der Waals surface area contributed by atoms with E-state index in [-0.39, 0.29) is 12.2 Å². The van der Waals surface area contributed by atoms with Crippen LogP contribution in [-0.2, 0) is 14.9 Å². The molecule has 3 saturated heterocycles. The Bertz CT molecular complexity index is 411. The fourth-order valence-corrected chi connectivity index (χ4v) is 5.24. The first-order chi connectivity index (χ1) is 9.09. The van der Waals surface area contributed by atoms with Crippen molar-refractivity contribution in [2.45, 2.75) is 37.9 Å². The largest absolute Gasteiger partial charge is 0.372 e. The number of hydrogen-bond acceptors (Lipinski definition) is 3. The van der Waals surface area contributed by atoms with Crippen LogP contribution in [0.5, 0.6) is 0 Å². The van der Waals surface area contributed by atoms with Gasteiger partial charge in [0.25, 0.3) is 10.2 Å². The molecule has 0 aliphatic carbocycles. The SMILES string of the molecule is O=S(=O)(N1CCC(CCl)CC1)N1CC2CCC(C1)O2. The molecule has 0 amide bonds. The molecule has 0 saturated carbocycles. The van der Waals surface area contributed by atoms with Crippen LogP contribution in [0.25, 0.3) is 0 Å². The summed E-state index contributed by atoms with van der Waals surface area (Å²) in [6.07, 6.45) is 3.94. The summed E-state index contributed by atoms with van der Waals surface area (Å²) in [7, 11) is -3.30. The van der Waals surface area contributed by atoms with E-state index in [0.717, 1.165) is 25.7 Å². The molecule has 0 aromatic carbocycles. The lowest BCUT2D eigenvalue weighted by atomic mass is 10.0. The first kappa shape index (κ1) is 14.1. The highest BCUT2D eigenvalue weighted by atomic mass is 35.5. The number of alkyl halides is 1. The molecule has 5 nitrogen and oxygen atoms in total. The molecular weight excluding hydrogens is 288 g/mol. The zero-order chi connectivity index (χ0) is 13.5. The van der Waals surface area contributed by atoms with Crippen molar-refractivity contribution < 1.29 is 13.2 Å². The number of morpholine rings is 1. The van der Waals surface area contributed by atoms with Crippen molar-refractivity contribution in [3.8, 4) is 0 Å². The van der Waals surface area contributed by atoms with Crippen molar-refractivity contribution in [2.75, 3.05) is 32.1 Å². The number of hydrogen-bond donors (Lipinski definition) is 0. The van der Waals surface area contributed by atoms with Crippen LogP contribution in [0.2, 0.25) is 0 Å². The van der Waals surface area contributed by atoms with Crippen LogP contribution >= 0.6 is 11.6 Å². The Morgan fingerprint density at radius 3 is 2.11 bits per heavy atom. The molecule has 2 atom stereocenters. The molecule has 3 aliphatic rings. The number of ether oxygens (including phenoxy) is 1. The topological polar surface area (TPSA) is 49.9 Å². The average Bonchev–Trinajstić information content (AvgIpc) is 2.77. The third kappa shape index (κ3) is 2.78. The van der Waals surface area contributed by atoms with E-state index in [2.05, 4.69) is 0 Å². The summed E-state index contributed by atoms with van der Waals surface area (Å²) in [4.78, 5) is 0. The summed E-state index contributed by atoms with van der Waals surface area (Å²) in [5.74, 6) is 1.10. The zero-order valence-corrected chi connectivity index (χ0v) is 12.6. The van der Waals surface area contributed by atoms with E-state index >= 15 is 0 Å². The monoisotopic (exact) mass is 308 g/mol. The van der Waals surface area contributed by atoms with Gasteiger partial charge in [0.15, 0.2) is 0 Å². The standard InChI is InChI=1S/C12H21ClN2O3S/c13-7-10-3-5-14(6-4-10)19(16,17)15-8-11-1-2-12(9-15)18-11/h10-12H,1-9H2. The van der Waals surface area contributed by atoms with Crippen molar-refractivity contribution >= 4 is 21.8 Å². The first-order valence-electron chi connectivity index (χ1n) is 7.06. The molecule has 0 N–H and O–H groups in total. The van der Waals surface area contributed by atoms with E-state index in [1.807, 2.05) is 0 Å². The summed E-state index contributed by atoms with van der Waals surface area (Å²) in [5.41, 5.74) is 0. The fourth-order valence-electron chi connectivity index (χ4n) is 3.22. The van der Waals surface area contributed by atoms with E-state index in [4.69, 9.17) is 16.3 Å². The number of piperidine rings is 1. The van der Waals surface area contributed by atoms with Crippen molar-refractivity contribution in [2.24, 2.45) is 5.92 Å². The Balaban J connectivity index is 1.66. The Hall–Kier alpha value is 0.120. The zero-order valence-electron chi connectivity index (χ0n) is 11.0. The van der Waals surface area contributed by atoms with Gasteiger partial charge in [0, 0.05) is 32.1 Å². The quantitative estimate of drug-likeness (QED) is 0.732. The van der Waals surface area contributed by atoms with Gasteiger partial charge in [-0.25, -0.2) is 0 Å². The summed E-state index contributed by atoms with van der Waals surface area (Å²) < 4.78 is 34.2. The van der Waals surface area contributed by atoms with Crippen LogP contribution in [0.1, 0.15) is 25.7 Å². The van der Waals surface area contributed by atoms with Crippen LogP contribution in [-0.4, -0.2) is 61.3 Å². The Kier molecular flexibility index (Phi) is 4.06. The van der Waals surface area contributed by atoms with Gasteiger partial charge in [-0.1, -0.05) is 0 Å². The number of fused-ring (bicyclic) bond motifs is 2. The Labute approximate surface area is 120 Å². The molecule has 3 heterocycles. The van der Waals surface area contributed by atoms with Gasteiger partial charge in [0.1, 0.15) is 0 Å². The first-order valence-corrected chi connectivity index (χ1v) is 8.99. The number of rotatable bonds is 3. The lowest BCUT2D eigenvalue weighted by Crippen LogP contribution is -2.53. The highest BCUT2D eigenvalue weighted by Crippen LogP contribution is 2.30. The van der Waals surface area contributed by atoms with Crippen molar-refractivity contribution in [1.82, 2.24) is 8.61 Å². The predicted molar refractivity (Wildman–Crippen MR) is 73.4 cm³/mol. The van der Waals surface area contributed by atoms with E-state index in [1.54, 1.807) is 8.61 Å². The maximum Gasteiger partial charge on any atom is 0.282 e. The molecule has 3 aliphatic heterocycles. The maximum atomic E-state index is 12.6. The lowest BCUT2D eigenvalue weighted by Gasteiger charge is -2.37. The van der Waals surface area contributed by atoms with Gasteiger partial charge in [-0.05, 0) is 31.6 Å². The smallest absolute Gasteiger partial charge is 0.282 e. The third-order valence-electron chi connectivity index (χ3n) is 4.45. The highest BCUT2D eigenvalue weighted by molar-refractivity contribution is 7.86. The third-order valence-corrected chi connectivity index (χ3v) is 6.86. The van der Waals surface area contributed by atoms with Gasteiger partial charge in [0.2, 0.25) is 0 Å². The molecule has 2 unspecified atom stereocenters. The van der Waals surface area contributed by atoms with Crippen molar-refractivity contribution in [3.05, 3.63) is 0 Å². The fraction of sp³-hybridized carbons (Fsp3) is 1.00. The Morgan fingerprint density at radius 1 is 1.00 bits per heavy atom. The minimum absolute atomic E-state index is 0.105. The van der Waals surface area contributed by atoms with Gasteiger partial charge in [-0.3, -0.25) is 0 Å². The molecule has 0 radical (unpaired) electrons. The summed E-state index contributed by atoms with van der Waals surface area (Å²) >= 11 is 5.84. The van der Waals surface area contributed by atoms with Gasteiger partial charge in [-0.15, -0.1) is 11.6 Å². The van der Waals surface area contributed by atoms with Crippen molar-refractivity contribution in [3.63, 3.8) is 0 Å². The second-order valence-corrected chi connectivity index (χ2v) is 8.02. The normalized spacial score (nSPS) is 34.8. The summed E-state index contributed by atoms with van der Waals surface area (Å²) in [6.45, 7) is 2.25. The molecule has 19 heavy (non-hydrogen) atoms. The molecule has 110 valence electrons. The Morgan fingerprint density at radius 2 is 1.58 bits per heavy atom. The predicted octanol–water partition coefficient (Wildman–Crippen LogP) is 1.05.